The SMILES string of the molecule is CCC(C(=O)NC1CCCC1)N(Cc1cccc(C)c1)C(=O)CN(c1cccc(Cl)c1)S(=O)(=O)c1ccc(Cl)cc1. The van der Waals surface area contributed by atoms with Crippen molar-refractivity contribution in [2.75, 3.05) is 10.8 Å². The predicted octanol–water partition coefficient (Wildman–Crippen LogP) is 6.36. The first-order valence-electron chi connectivity index (χ1n) is 13.8. The summed E-state index contributed by atoms with van der Waals surface area (Å²) in [6, 6.07) is 19.1. The highest BCUT2D eigenvalue weighted by Gasteiger charge is 2.34. The van der Waals surface area contributed by atoms with Crippen molar-refractivity contribution in [2.24, 2.45) is 0 Å². The molecule has 1 aliphatic carbocycles. The lowest BCUT2D eigenvalue weighted by Gasteiger charge is -2.34. The Morgan fingerprint density at radius 1 is 0.951 bits per heavy atom. The third kappa shape index (κ3) is 7.82. The molecule has 41 heavy (non-hydrogen) atoms. The van der Waals surface area contributed by atoms with E-state index in [1.807, 2.05) is 38.1 Å². The summed E-state index contributed by atoms with van der Waals surface area (Å²) in [4.78, 5) is 29.1. The van der Waals surface area contributed by atoms with Gasteiger partial charge in [-0.25, -0.2) is 8.42 Å². The molecule has 4 rings (SSSR count). The van der Waals surface area contributed by atoms with Crippen LogP contribution in [-0.2, 0) is 26.2 Å². The Labute approximate surface area is 252 Å². The van der Waals surface area contributed by atoms with E-state index < -0.39 is 28.5 Å². The highest BCUT2D eigenvalue weighted by molar-refractivity contribution is 7.92. The van der Waals surface area contributed by atoms with Crippen molar-refractivity contribution in [3.63, 3.8) is 0 Å². The summed E-state index contributed by atoms with van der Waals surface area (Å²) in [6.45, 7) is 3.44. The maximum Gasteiger partial charge on any atom is 0.264 e. The number of carbonyl (C=O) groups excluding carboxylic acids is 2. The number of aryl methyl sites for hydroxylation is 1. The molecule has 1 fully saturated rings. The van der Waals surface area contributed by atoms with Gasteiger partial charge in [0, 0.05) is 22.6 Å². The van der Waals surface area contributed by atoms with E-state index in [2.05, 4.69) is 5.32 Å². The van der Waals surface area contributed by atoms with Crippen molar-refractivity contribution >= 4 is 50.7 Å². The highest BCUT2D eigenvalue weighted by Crippen LogP contribution is 2.28. The van der Waals surface area contributed by atoms with Gasteiger partial charge in [-0.15, -0.1) is 0 Å². The summed E-state index contributed by atoms with van der Waals surface area (Å²) in [5, 5.41) is 3.83. The summed E-state index contributed by atoms with van der Waals surface area (Å²) in [5.41, 5.74) is 2.10. The van der Waals surface area contributed by atoms with Crippen LogP contribution in [0.4, 0.5) is 5.69 Å². The van der Waals surface area contributed by atoms with Gasteiger partial charge >= 0.3 is 0 Å². The largest absolute Gasteiger partial charge is 0.352 e. The Hall–Kier alpha value is -3.07. The van der Waals surface area contributed by atoms with Gasteiger partial charge in [0.15, 0.2) is 0 Å². The molecule has 0 aliphatic heterocycles. The van der Waals surface area contributed by atoms with E-state index in [4.69, 9.17) is 23.2 Å². The molecular formula is C31H35Cl2N3O4S. The Morgan fingerprint density at radius 2 is 1.63 bits per heavy atom. The minimum atomic E-state index is -4.20. The van der Waals surface area contributed by atoms with Crippen LogP contribution in [0.15, 0.2) is 77.7 Å². The molecule has 1 atom stereocenters. The number of hydrogen-bond donors (Lipinski definition) is 1. The van der Waals surface area contributed by atoms with Crippen molar-refractivity contribution in [3.8, 4) is 0 Å². The maximum absolute atomic E-state index is 14.2. The minimum Gasteiger partial charge on any atom is -0.352 e. The average molecular weight is 617 g/mol. The Bertz CT molecular complexity index is 1470. The van der Waals surface area contributed by atoms with Gasteiger partial charge in [0.25, 0.3) is 10.0 Å². The first-order chi connectivity index (χ1) is 19.6. The average Bonchev–Trinajstić information content (AvgIpc) is 3.44. The molecule has 0 heterocycles. The number of sulfonamides is 1. The molecule has 0 spiro atoms. The summed E-state index contributed by atoms with van der Waals surface area (Å²) >= 11 is 12.2. The van der Waals surface area contributed by atoms with Gasteiger partial charge in [0.2, 0.25) is 11.8 Å². The van der Waals surface area contributed by atoms with Gasteiger partial charge in [0.05, 0.1) is 10.6 Å². The number of nitrogens with one attached hydrogen (secondary N) is 1. The van der Waals surface area contributed by atoms with E-state index >= 15 is 0 Å². The number of hydrogen-bond acceptors (Lipinski definition) is 4. The first kappa shape index (κ1) is 30.9. The van der Waals surface area contributed by atoms with Crippen molar-refractivity contribution in [1.29, 1.82) is 0 Å². The van der Waals surface area contributed by atoms with E-state index in [0.717, 1.165) is 41.1 Å². The van der Waals surface area contributed by atoms with Crippen LogP contribution in [0.2, 0.25) is 10.0 Å². The van der Waals surface area contributed by atoms with Crippen molar-refractivity contribution in [2.45, 2.75) is 69.5 Å². The molecule has 10 heteroatoms. The normalized spacial score (nSPS) is 14.4. The van der Waals surface area contributed by atoms with E-state index in [1.54, 1.807) is 18.2 Å². The number of rotatable bonds is 11. The minimum absolute atomic E-state index is 0.0223. The summed E-state index contributed by atoms with van der Waals surface area (Å²) in [5.74, 6) is -0.729. The molecule has 2 amide bonds. The van der Waals surface area contributed by atoms with Crippen LogP contribution in [-0.4, -0.2) is 43.8 Å². The fourth-order valence-corrected chi connectivity index (χ4v) is 6.90. The molecule has 0 aromatic heterocycles. The topological polar surface area (TPSA) is 86.8 Å². The highest BCUT2D eigenvalue weighted by atomic mass is 35.5. The second-order valence-electron chi connectivity index (χ2n) is 10.4. The van der Waals surface area contributed by atoms with Gasteiger partial charge in [-0.05, 0) is 74.2 Å². The van der Waals surface area contributed by atoms with Gasteiger partial charge in [0.1, 0.15) is 12.6 Å². The molecule has 3 aromatic rings. The summed E-state index contributed by atoms with van der Waals surface area (Å²) in [7, 11) is -4.20. The van der Waals surface area contributed by atoms with Crippen LogP contribution < -0.4 is 9.62 Å². The van der Waals surface area contributed by atoms with E-state index in [9.17, 15) is 18.0 Å². The number of benzene rings is 3. The third-order valence-corrected chi connectivity index (χ3v) is 9.57. The lowest BCUT2D eigenvalue weighted by atomic mass is 10.1. The van der Waals surface area contributed by atoms with Gasteiger partial charge in [-0.1, -0.05) is 78.9 Å². The number of anilines is 1. The van der Waals surface area contributed by atoms with Crippen LogP contribution in [0.1, 0.15) is 50.2 Å². The second kappa shape index (κ2) is 13.7. The molecule has 1 saturated carbocycles. The quantitative estimate of drug-likeness (QED) is 0.272. The molecule has 1 aliphatic rings. The van der Waals surface area contributed by atoms with E-state index in [-0.39, 0.29) is 29.1 Å². The molecule has 3 aromatic carbocycles. The van der Waals surface area contributed by atoms with Crippen LogP contribution in [0.3, 0.4) is 0 Å². The van der Waals surface area contributed by atoms with Crippen LogP contribution in [0.25, 0.3) is 0 Å². The molecule has 7 nitrogen and oxygen atoms in total. The first-order valence-corrected chi connectivity index (χ1v) is 16.0. The Balaban J connectivity index is 1.71. The zero-order valence-corrected chi connectivity index (χ0v) is 25.6. The monoisotopic (exact) mass is 615 g/mol. The van der Waals surface area contributed by atoms with Crippen LogP contribution >= 0.6 is 23.2 Å². The fourth-order valence-electron chi connectivity index (χ4n) is 5.19. The molecule has 1 unspecified atom stereocenters. The third-order valence-electron chi connectivity index (χ3n) is 7.30. The van der Waals surface area contributed by atoms with E-state index in [1.165, 1.54) is 35.2 Å². The summed E-state index contributed by atoms with van der Waals surface area (Å²) in [6.07, 6.45) is 4.32. The summed E-state index contributed by atoms with van der Waals surface area (Å²) < 4.78 is 28.9. The lowest BCUT2D eigenvalue weighted by Crippen LogP contribution is -2.53. The number of halogens is 2. The molecule has 0 radical (unpaired) electrons. The van der Waals surface area contributed by atoms with Crippen molar-refractivity contribution in [3.05, 3.63) is 94.0 Å². The maximum atomic E-state index is 14.2. The lowest BCUT2D eigenvalue weighted by molar-refractivity contribution is -0.140. The number of nitrogens with zero attached hydrogens (tertiary/aromatic N) is 2. The predicted molar refractivity (Wildman–Crippen MR) is 164 cm³/mol. The molecule has 0 saturated heterocycles. The van der Waals surface area contributed by atoms with Gasteiger partial charge in [-0.3, -0.25) is 13.9 Å². The Kier molecular flexibility index (Phi) is 10.3. The smallest absolute Gasteiger partial charge is 0.264 e. The molecule has 218 valence electrons. The van der Waals surface area contributed by atoms with E-state index in [0.29, 0.717) is 16.5 Å². The zero-order chi connectivity index (χ0) is 29.6. The van der Waals surface area contributed by atoms with Crippen molar-refractivity contribution < 1.29 is 18.0 Å². The van der Waals surface area contributed by atoms with Crippen LogP contribution in [0.5, 0.6) is 0 Å². The second-order valence-corrected chi connectivity index (χ2v) is 13.1. The van der Waals surface area contributed by atoms with Crippen molar-refractivity contribution in [1.82, 2.24) is 10.2 Å². The number of carbonyl (C=O) groups is 2. The van der Waals surface area contributed by atoms with Gasteiger partial charge < -0.3 is 10.2 Å². The Morgan fingerprint density at radius 3 is 2.27 bits per heavy atom. The molecular weight excluding hydrogens is 581 g/mol. The standard InChI is InChI=1S/C31H35Cl2N3O4S/c1-3-29(31(38)34-26-11-4-5-12-26)35(20-23-9-6-8-22(2)18-23)30(37)21-36(27-13-7-10-25(33)19-27)41(39,40)28-16-14-24(32)15-17-28/h6-10,13-19,26,29H,3-5,11-12,20-21H2,1-2H3,(H,34,38). The molecule has 0 bridgehead atoms. The van der Waals surface area contributed by atoms with Crippen LogP contribution in [0, 0.1) is 6.92 Å². The molecule has 1 N–H and O–H groups in total. The fraction of sp³-hybridized carbons (Fsp3) is 0.355. The number of amides is 2. The zero-order valence-electron chi connectivity index (χ0n) is 23.2. The van der Waals surface area contributed by atoms with Gasteiger partial charge in [-0.2, -0.15) is 0 Å².